The molecule has 0 heterocycles. The molecule has 0 radical (unpaired) electrons. The highest BCUT2D eigenvalue weighted by Crippen LogP contribution is 2.37. The van der Waals surface area contributed by atoms with Crippen molar-refractivity contribution in [3.05, 3.63) is 29.8 Å². The SMILES string of the molecule is Cc1ccc(O[C@H](C)C(=O)N[C@H]2CCCC[C@@H]2C(F)(F)F)cc1. The maximum absolute atomic E-state index is 13.0. The molecule has 0 aromatic heterocycles. The maximum atomic E-state index is 13.0. The molecule has 1 aliphatic carbocycles. The molecule has 3 atom stereocenters. The van der Waals surface area contributed by atoms with Crippen molar-refractivity contribution in [2.24, 2.45) is 5.92 Å². The molecule has 1 aromatic rings. The van der Waals surface area contributed by atoms with Gasteiger partial charge in [0, 0.05) is 6.04 Å². The van der Waals surface area contributed by atoms with E-state index in [0.717, 1.165) is 5.56 Å². The summed E-state index contributed by atoms with van der Waals surface area (Å²) in [5, 5.41) is 2.52. The van der Waals surface area contributed by atoms with Crippen LogP contribution >= 0.6 is 0 Å². The van der Waals surface area contributed by atoms with Crippen LogP contribution in [0.1, 0.15) is 38.2 Å². The van der Waals surface area contributed by atoms with Gasteiger partial charge in [0.15, 0.2) is 6.10 Å². The van der Waals surface area contributed by atoms with Gasteiger partial charge < -0.3 is 10.1 Å². The zero-order chi connectivity index (χ0) is 17.0. The number of aryl methyl sites for hydroxylation is 1. The highest BCUT2D eigenvalue weighted by atomic mass is 19.4. The summed E-state index contributed by atoms with van der Waals surface area (Å²) >= 11 is 0. The first-order valence-corrected chi connectivity index (χ1v) is 7.88. The van der Waals surface area contributed by atoms with Crippen LogP contribution < -0.4 is 10.1 Å². The third kappa shape index (κ3) is 4.88. The molecule has 1 fully saturated rings. The van der Waals surface area contributed by atoms with Crippen molar-refractivity contribution in [2.75, 3.05) is 0 Å². The zero-order valence-corrected chi connectivity index (χ0v) is 13.3. The van der Waals surface area contributed by atoms with Crippen LogP contribution in [0.2, 0.25) is 0 Å². The van der Waals surface area contributed by atoms with Crippen molar-refractivity contribution < 1.29 is 22.7 Å². The largest absolute Gasteiger partial charge is 0.481 e. The summed E-state index contributed by atoms with van der Waals surface area (Å²) in [5.74, 6) is -1.45. The van der Waals surface area contributed by atoms with Crippen LogP contribution in [0.3, 0.4) is 0 Å². The third-order valence-corrected chi connectivity index (χ3v) is 4.22. The number of ether oxygens (including phenoxy) is 1. The van der Waals surface area contributed by atoms with Crippen molar-refractivity contribution in [1.82, 2.24) is 5.32 Å². The molecule has 1 saturated carbocycles. The minimum Gasteiger partial charge on any atom is -0.481 e. The number of nitrogens with one attached hydrogen (secondary N) is 1. The van der Waals surface area contributed by atoms with Gasteiger partial charge in [-0.2, -0.15) is 13.2 Å². The van der Waals surface area contributed by atoms with Crippen molar-refractivity contribution >= 4 is 5.91 Å². The molecule has 3 nitrogen and oxygen atoms in total. The highest BCUT2D eigenvalue weighted by molar-refractivity contribution is 5.81. The number of carbonyl (C=O) groups excluding carboxylic acids is 1. The Kier molecular flexibility index (Phi) is 5.55. The van der Waals surface area contributed by atoms with E-state index in [2.05, 4.69) is 5.32 Å². The lowest BCUT2D eigenvalue weighted by Crippen LogP contribution is -2.50. The summed E-state index contributed by atoms with van der Waals surface area (Å²) in [6.07, 6.45) is -3.45. The Balaban J connectivity index is 1.95. The molecular formula is C17H22F3NO2. The van der Waals surface area contributed by atoms with Gasteiger partial charge in [-0.3, -0.25) is 4.79 Å². The molecular weight excluding hydrogens is 307 g/mol. The normalized spacial score (nSPS) is 23.2. The van der Waals surface area contributed by atoms with Crippen LogP contribution in [0.15, 0.2) is 24.3 Å². The number of rotatable bonds is 4. The Morgan fingerprint density at radius 1 is 1.22 bits per heavy atom. The topological polar surface area (TPSA) is 38.3 Å². The standard InChI is InChI=1S/C17H22F3NO2/c1-11-7-9-13(10-8-11)23-12(2)16(22)21-15-6-4-3-5-14(15)17(18,19)20/h7-10,12,14-15H,3-6H2,1-2H3,(H,21,22)/t12-,14+,15+/m1/s1. The second-order valence-electron chi connectivity index (χ2n) is 6.12. The molecule has 0 aliphatic heterocycles. The second kappa shape index (κ2) is 7.23. The van der Waals surface area contributed by atoms with Gasteiger partial charge >= 0.3 is 6.18 Å². The van der Waals surface area contributed by atoms with Crippen LogP contribution in [0.25, 0.3) is 0 Å². The van der Waals surface area contributed by atoms with Gasteiger partial charge in [-0.25, -0.2) is 0 Å². The van der Waals surface area contributed by atoms with Gasteiger partial charge in [0.1, 0.15) is 5.75 Å². The van der Waals surface area contributed by atoms with E-state index in [1.807, 2.05) is 19.1 Å². The van der Waals surface area contributed by atoms with Crippen molar-refractivity contribution in [2.45, 2.75) is 57.9 Å². The van der Waals surface area contributed by atoms with Gasteiger partial charge in [0.25, 0.3) is 5.91 Å². The van der Waals surface area contributed by atoms with E-state index in [1.54, 1.807) is 19.1 Å². The predicted octanol–water partition coefficient (Wildman–Crippen LogP) is 4.00. The molecule has 1 aromatic carbocycles. The van der Waals surface area contributed by atoms with Crippen molar-refractivity contribution in [3.8, 4) is 5.75 Å². The van der Waals surface area contributed by atoms with E-state index >= 15 is 0 Å². The molecule has 1 amide bonds. The first-order chi connectivity index (χ1) is 10.8. The van der Waals surface area contributed by atoms with Crippen LogP contribution in [0.5, 0.6) is 5.75 Å². The number of hydrogen-bond donors (Lipinski definition) is 1. The van der Waals surface area contributed by atoms with Gasteiger partial charge in [0.05, 0.1) is 5.92 Å². The van der Waals surface area contributed by atoms with Crippen molar-refractivity contribution in [1.29, 1.82) is 0 Å². The minimum atomic E-state index is -4.28. The van der Waals surface area contributed by atoms with E-state index in [1.165, 1.54) is 0 Å². The lowest BCUT2D eigenvalue weighted by atomic mass is 9.84. The monoisotopic (exact) mass is 329 g/mol. The summed E-state index contributed by atoms with van der Waals surface area (Å²) < 4.78 is 44.6. The van der Waals surface area contributed by atoms with E-state index < -0.39 is 30.1 Å². The van der Waals surface area contributed by atoms with Crippen LogP contribution in [-0.2, 0) is 4.79 Å². The fourth-order valence-electron chi connectivity index (χ4n) is 2.87. The highest BCUT2D eigenvalue weighted by Gasteiger charge is 2.46. The number of halogens is 3. The molecule has 2 rings (SSSR count). The fourth-order valence-corrected chi connectivity index (χ4v) is 2.87. The van der Waals surface area contributed by atoms with E-state index in [9.17, 15) is 18.0 Å². The average Bonchev–Trinajstić information content (AvgIpc) is 2.49. The molecule has 23 heavy (non-hydrogen) atoms. The maximum Gasteiger partial charge on any atom is 0.393 e. The summed E-state index contributed by atoms with van der Waals surface area (Å²) in [5.41, 5.74) is 1.06. The molecule has 0 saturated heterocycles. The Hall–Kier alpha value is -1.72. The van der Waals surface area contributed by atoms with E-state index in [-0.39, 0.29) is 6.42 Å². The third-order valence-electron chi connectivity index (χ3n) is 4.22. The second-order valence-corrected chi connectivity index (χ2v) is 6.12. The van der Waals surface area contributed by atoms with Gasteiger partial charge in [-0.05, 0) is 38.8 Å². The Bertz CT molecular complexity index is 528. The lowest BCUT2D eigenvalue weighted by molar-refractivity contribution is -0.189. The van der Waals surface area contributed by atoms with E-state index in [4.69, 9.17) is 4.74 Å². The van der Waals surface area contributed by atoms with Gasteiger partial charge in [-0.15, -0.1) is 0 Å². The van der Waals surface area contributed by atoms with Gasteiger partial charge in [0.2, 0.25) is 0 Å². The average molecular weight is 329 g/mol. The number of alkyl halides is 3. The Morgan fingerprint density at radius 3 is 2.43 bits per heavy atom. The minimum absolute atomic E-state index is 0.0711. The lowest BCUT2D eigenvalue weighted by Gasteiger charge is -2.34. The van der Waals surface area contributed by atoms with Gasteiger partial charge in [-0.1, -0.05) is 30.5 Å². The summed E-state index contributed by atoms with van der Waals surface area (Å²) in [6.45, 7) is 3.47. The Morgan fingerprint density at radius 2 is 1.83 bits per heavy atom. The number of hydrogen-bond acceptors (Lipinski definition) is 2. The molecule has 6 heteroatoms. The fraction of sp³-hybridized carbons (Fsp3) is 0.588. The van der Waals surface area contributed by atoms with Crippen LogP contribution in [-0.4, -0.2) is 24.2 Å². The smallest absolute Gasteiger partial charge is 0.393 e. The van der Waals surface area contributed by atoms with Crippen LogP contribution in [0.4, 0.5) is 13.2 Å². The molecule has 1 N–H and O–H groups in total. The molecule has 1 aliphatic rings. The summed E-state index contributed by atoms with van der Waals surface area (Å²) in [7, 11) is 0. The quantitative estimate of drug-likeness (QED) is 0.907. The summed E-state index contributed by atoms with van der Waals surface area (Å²) in [4.78, 5) is 12.2. The first-order valence-electron chi connectivity index (χ1n) is 7.88. The van der Waals surface area contributed by atoms with E-state index in [0.29, 0.717) is 25.0 Å². The van der Waals surface area contributed by atoms with Crippen LogP contribution in [0, 0.1) is 12.8 Å². The molecule has 0 spiro atoms. The molecule has 128 valence electrons. The van der Waals surface area contributed by atoms with Crippen molar-refractivity contribution in [3.63, 3.8) is 0 Å². The zero-order valence-electron chi connectivity index (χ0n) is 13.3. The Labute approximate surface area is 134 Å². The predicted molar refractivity (Wildman–Crippen MR) is 81.2 cm³/mol. The number of carbonyl (C=O) groups is 1. The summed E-state index contributed by atoms with van der Waals surface area (Å²) in [6, 6.07) is 6.30. The first kappa shape index (κ1) is 17.6. The number of benzene rings is 1. The number of amides is 1. The molecule has 0 unspecified atom stereocenters. The molecule has 0 bridgehead atoms.